The zero-order valence-corrected chi connectivity index (χ0v) is 16.9. The average molecular weight is 391 g/mol. The van der Waals surface area contributed by atoms with Crippen LogP contribution in [0.4, 0.5) is 5.00 Å². The highest BCUT2D eigenvalue weighted by Gasteiger charge is 2.35. The van der Waals surface area contributed by atoms with Gasteiger partial charge in [0.05, 0.1) is 5.56 Å². The van der Waals surface area contributed by atoms with Gasteiger partial charge in [0.25, 0.3) is 5.91 Å². The third-order valence-electron chi connectivity index (χ3n) is 4.96. The van der Waals surface area contributed by atoms with Crippen LogP contribution in [-0.4, -0.2) is 35.3 Å². The number of esters is 1. The molecule has 1 saturated carbocycles. The van der Waals surface area contributed by atoms with Crippen LogP contribution in [0.15, 0.2) is 11.8 Å². The number of carbonyl (C=O) groups excluding carboxylic acids is 3. The van der Waals surface area contributed by atoms with Gasteiger partial charge in [-0.25, -0.2) is 4.79 Å². The van der Waals surface area contributed by atoms with Gasteiger partial charge in [-0.3, -0.25) is 9.59 Å². The number of allylic oxidation sites excluding steroid dienone is 2. The van der Waals surface area contributed by atoms with E-state index >= 15 is 0 Å². The Morgan fingerprint density at radius 2 is 2.00 bits per heavy atom. The lowest BCUT2D eigenvalue weighted by molar-refractivity contribution is -0.133. The molecule has 27 heavy (non-hydrogen) atoms. The predicted molar refractivity (Wildman–Crippen MR) is 105 cm³/mol. The Bertz CT molecular complexity index is 792. The summed E-state index contributed by atoms with van der Waals surface area (Å²) in [5.74, 6) is -0.975. The van der Waals surface area contributed by atoms with Crippen LogP contribution in [0.25, 0.3) is 0 Å². The number of thiophene rings is 1. The van der Waals surface area contributed by atoms with E-state index in [4.69, 9.17) is 4.74 Å². The molecule has 1 aromatic rings. The minimum Gasteiger partial charge on any atom is -0.452 e. The minimum atomic E-state index is -0.567. The van der Waals surface area contributed by atoms with Gasteiger partial charge in [0.15, 0.2) is 6.61 Å². The SMILES string of the molecule is CC(=O)Nc1sc(C)c(C)c1C(=O)OCC(=O)N(C1=CCCCC1)C1CC1. The van der Waals surface area contributed by atoms with Crippen molar-refractivity contribution in [3.05, 3.63) is 27.8 Å². The van der Waals surface area contributed by atoms with Crippen LogP contribution in [0.5, 0.6) is 0 Å². The Hall–Kier alpha value is -2.15. The first-order valence-corrected chi connectivity index (χ1v) is 10.3. The lowest BCUT2D eigenvalue weighted by atomic mass is 10.0. The highest BCUT2D eigenvalue weighted by molar-refractivity contribution is 7.16. The molecule has 0 aromatic carbocycles. The molecule has 3 rings (SSSR count). The van der Waals surface area contributed by atoms with Crippen molar-refractivity contribution in [2.75, 3.05) is 11.9 Å². The summed E-state index contributed by atoms with van der Waals surface area (Å²) in [4.78, 5) is 39.5. The van der Waals surface area contributed by atoms with E-state index in [1.165, 1.54) is 18.3 Å². The molecule has 6 nitrogen and oxygen atoms in total. The van der Waals surface area contributed by atoms with Gasteiger partial charge in [-0.1, -0.05) is 6.08 Å². The molecule has 2 aliphatic carbocycles. The third-order valence-corrected chi connectivity index (χ3v) is 6.09. The number of anilines is 1. The van der Waals surface area contributed by atoms with Crippen molar-refractivity contribution in [2.45, 2.75) is 65.3 Å². The van der Waals surface area contributed by atoms with Crippen LogP contribution in [0.3, 0.4) is 0 Å². The average Bonchev–Trinajstić information content (AvgIpc) is 3.41. The molecule has 1 aromatic heterocycles. The molecule has 1 heterocycles. The Morgan fingerprint density at radius 1 is 1.26 bits per heavy atom. The number of rotatable bonds is 6. The number of aryl methyl sites for hydroxylation is 1. The summed E-state index contributed by atoms with van der Waals surface area (Å²) in [6.07, 6.45) is 8.32. The summed E-state index contributed by atoms with van der Waals surface area (Å²) in [6, 6.07) is 0.251. The van der Waals surface area contributed by atoms with E-state index in [2.05, 4.69) is 11.4 Å². The molecule has 0 unspecified atom stereocenters. The molecular formula is C20H26N2O4S. The van der Waals surface area contributed by atoms with Gasteiger partial charge in [0.1, 0.15) is 5.00 Å². The predicted octanol–water partition coefficient (Wildman–Crippen LogP) is 3.93. The number of amides is 2. The molecule has 0 saturated heterocycles. The lowest BCUT2D eigenvalue weighted by Crippen LogP contribution is -2.36. The van der Waals surface area contributed by atoms with Gasteiger partial charge in [0.2, 0.25) is 5.91 Å². The fourth-order valence-corrected chi connectivity index (χ4v) is 4.46. The molecule has 0 bridgehead atoms. The molecule has 0 atom stereocenters. The highest BCUT2D eigenvalue weighted by Crippen LogP contribution is 2.35. The quantitative estimate of drug-likeness (QED) is 0.747. The fourth-order valence-electron chi connectivity index (χ4n) is 3.36. The van der Waals surface area contributed by atoms with Gasteiger partial charge >= 0.3 is 5.97 Å². The first kappa shape index (κ1) is 19.6. The number of ether oxygens (including phenoxy) is 1. The van der Waals surface area contributed by atoms with E-state index in [0.29, 0.717) is 10.6 Å². The van der Waals surface area contributed by atoms with E-state index in [1.807, 2.05) is 18.7 Å². The second-order valence-electron chi connectivity index (χ2n) is 7.18. The molecule has 7 heteroatoms. The van der Waals surface area contributed by atoms with Gasteiger partial charge < -0.3 is 15.0 Å². The van der Waals surface area contributed by atoms with Gasteiger partial charge in [0, 0.05) is 23.5 Å². The number of carbonyl (C=O) groups is 3. The first-order chi connectivity index (χ1) is 12.9. The maximum atomic E-state index is 12.8. The number of hydrogen-bond acceptors (Lipinski definition) is 5. The molecule has 1 fully saturated rings. The van der Waals surface area contributed by atoms with Gasteiger partial charge in [-0.15, -0.1) is 11.3 Å². The zero-order valence-electron chi connectivity index (χ0n) is 16.1. The second kappa shape index (κ2) is 8.25. The van der Waals surface area contributed by atoms with E-state index in [9.17, 15) is 14.4 Å². The number of nitrogens with one attached hydrogen (secondary N) is 1. The van der Waals surface area contributed by atoms with E-state index in [-0.39, 0.29) is 24.5 Å². The molecular weight excluding hydrogens is 364 g/mol. The van der Waals surface area contributed by atoms with E-state index in [0.717, 1.165) is 54.7 Å². The molecule has 2 aliphatic rings. The van der Waals surface area contributed by atoms with E-state index in [1.54, 1.807) is 0 Å². The summed E-state index contributed by atoms with van der Waals surface area (Å²) in [5.41, 5.74) is 2.19. The summed E-state index contributed by atoms with van der Waals surface area (Å²) < 4.78 is 5.35. The molecule has 146 valence electrons. The third kappa shape index (κ3) is 4.58. The van der Waals surface area contributed by atoms with Crippen molar-refractivity contribution in [2.24, 2.45) is 0 Å². The van der Waals surface area contributed by atoms with Crippen LogP contribution < -0.4 is 5.32 Å². The van der Waals surface area contributed by atoms with E-state index < -0.39 is 5.97 Å². The largest absolute Gasteiger partial charge is 0.452 e. The van der Waals surface area contributed by atoms with Crippen molar-refractivity contribution < 1.29 is 19.1 Å². The molecule has 2 amide bonds. The Balaban J connectivity index is 1.69. The highest BCUT2D eigenvalue weighted by atomic mass is 32.1. The number of hydrogen-bond donors (Lipinski definition) is 1. The van der Waals surface area contributed by atoms with Crippen LogP contribution in [0.1, 0.15) is 66.2 Å². The molecule has 0 radical (unpaired) electrons. The standard InChI is InChI=1S/C20H26N2O4S/c1-12-13(2)27-19(21-14(3)23)18(12)20(25)26-11-17(24)22(16-9-10-16)15-7-5-4-6-8-15/h7,16H,4-6,8-11H2,1-3H3,(H,21,23). The van der Waals surface area contributed by atoms with Gasteiger partial charge in [-0.05, 0) is 57.9 Å². The summed E-state index contributed by atoms with van der Waals surface area (Å²) >= 11 is 1.34. The Labute approximate surface area is 163 Å². The van der Waals surface area contributed by atoms with Crippen molar-refractivity contribution in [3.8, 4) is 0 Å². The summed E-state index contributed by atoms with van der Waals surface area (Å²) in [7, 11) is 0. The van der Waals surface area contributed by atoms with Crippen molar-refractivity contribution in [3.63, 3.8) is 0 Å². The Morgan fingerprint density at radius 3 is 2.59 bits per heavy atom. The number of nitrogens with zero attached hydrogens (tertiary/aromatic N) is 1. The topological polar surface area (TPSA) is 75.7 Å². The monoisotopic (exact) mass is 390 g/mol. The van der Waals surface area contributed by atoms with Crippen molar-refractivity contribution in [1.29, 1.82) is 0 Å². The molecule has 0 spiro atoms. The molecule has 1 N–H and O–H groups in total. The molecule has 0 aliphatic heterocycles. The van der Waals surface area contributed by atoms with Crippen LogP contribution in [0, 0.1) is 13.8 Å². The maximum Gasteiger partial charge on any atom is 0.341 e. The van der Waals surface area contributed by atoms with Gasteiger partial charge in [-0.2, -0.15) is 0 Å². The second-order valence-corrected chi connectivity index (χ2v) is 8.41. The minimum absolute atomic E-state index is 0.162. The first-order valence-electron chi connectivity index (χ1n) is 9.44. The lowest BCUT2D eigenvalue weighted by Gasteiger charge is -2.27. The van der Waals surface area contributed by atoms with Crippen molar-refractivity contribution >= 4 is 34.1 Å². The fraction of sp³-hybridized carbons (Fsp3) is 0.550. The zero-order chi connectivity index (χ0) is 19.6. The van der Waals surface area contributed by atoms with Crippen LogP contribution in [0.2, 0.25) is 0 Å². The summed E-state index contributed by atoms with van der Waals surface area (Å²) in [6.45, 7) is 4.82. The van der Waals surface area contributed by atoms with Crippen molar-refractivity contribution in [1.82, 2.24) is 4.90 Å². The van der Waals surface area contributed by atoms with Crippen LogP contribution in [-0.2, 0) is 14.3 Å². The maximum absolute atomic E-state index is 12.8. The smallest absolute Gasteiger partial charge is 0.341 e. The summed E-state index contributed by atoms with van der Waals surface area (Å²) in [5, 5.41) is 3.16. The Kier molecular flexibility index (Phi) is 5.99. The normalized spacial score (nSPS) is 16.5. The van der Waals surface area contributed by atoms with Crippen LogP contribution >= 0.6 is 11.3 Å².